The van der Waals surface area contributed by atoms with Gasteiger partial charge in [-0.1, -0.05) is 12.1 Å². The van der Waals surface area contributed by atoms with Crippen LogP contribution in [0, 0.1) is 0 Å². The number of carbonyl (C=O) groups is 1. The van der Waals surface area contributed by atoms with Crippen molar-refractivity contribution in [1.82, 2.24) is 4.90 Å². The van der Waals surface area contributed by atoms with E-state index in [0.717, 1.165) is 17.9 Å². The maximum absolute atomic E-state index is 11.6. The molecular weight excluding hydrogens is 266 g/mol. The van der Waals surface area contributed by atoms with E-state index in [1.54, 1.807) is 6.08 Å². The van der Waals surface area contributed by atoms with Gasteiger partial charge in [-0.3, -0.25) is 0 Å². The summed E-state index contributed by atoms with van der Waals surface area (Å²) < 4.78 is 10.8. The molecule has 0 unspecified atom stereocenters. The van der Waals surface area contributed by atoms with Crippen molar-refractivity contribution in [3.63, 3.8) is 0 Å². The summed E-state index contributed by atoms with van der Waals surface area (Å²) in [6.07, 6.45) is 3.17. The minimum absolute atomic E-state index is 0.339. The molecule has 0 saturated carbocycles. The second-order valence-corrected chi connectivity index (χ2v) is 6.09. The normalized spacial score (nSPS) is 11.9. The molecule has 0 radical (unpaired) electrons. The monoisotopic (exact) mass is 291 g/mol. The number of ether oxygens (including phenoxy) is 2. The van der Waals surface area contributed by atoms with Gasteiger partial charge < -0.3 is 14.4 Å². The number of benzene rings is 1. The minimum atomic E-state index is -0.467. The van der Waals surface area contributed by atoms with Crippen LogP contribution in [-0.2, 0) is 9.53 Å². The molecule has 116 valence electrons. The molecule has 0 atom stereocenters. The number of nitrogens with zero attached hydrogens (tertiary/aromatic N) is 1. The van der Waals surface area contributed by atoms with Crippen molar-refractivity contribution in [2.24, 2.45) is 0 Å². The Bertz CT molecular complexity index is 470. The van der Waals surface area contributed by atoms with E-state index >= 15 is 0 Å². The summed E-state index contributed by atoms with van der Waals surface area (Å²) in [5.41, 5.74) is 0.465. The molecule has 0 bridgehead atoms. The molecule has 0 N–H and O–H groups in total. The van der Waals surface area contributed by atoms with Crippen LogP contribution >= 0.6 is 0 Å². The van der Waals surface area contributed by atoms with Crippen LogP contribution in [0.1, 0.15) is 26.3 Å². The van der Waals surface area contributed by atoms with Gasteiger partial charge in [0.15, 0.2) is 0 Å². The van der Waals surface area contributed by atoms with Crippen LogP contribution < -0.4 is 4.74 Å². The quantitative estimate of drug-likeness (QED) is 0.596. The highest BCUT2D eigenvalue weighted by Crippen LogP contribution is 2.14. The lowest BCUT2D eigenvalue weighted by molar-refractivity contribution is -0.148. The molecule has 1 aromatic carbocycles. The van der Waals surface area contributed by atoms with Crippen molar-refractivity contribution in [2.75, 3.05) is 27.2 Å². The Morgan fingerprint density at radius 2 is 1.81 bits per heavy atom. The lowest BCUT2D eigenvalue weighted by Gasteiger charge is -2.17. The molecule has 0 aliphatic heterocycles. The first kappa shape index (κ1) is 17.2. The van der Waals surface area contributed by atoms with Gasteiger partial charge in [0.25, 0.3) is 0 Å². The third-order valence-electron chi connectivity index (χ3n) is 2.51. The average molecular weight is 291 g/mol. The van der Waals surface area contributed by atoms with Crippen molar-refractivity contribution in [2.45, 2.75) is 26.4 Å². The van der Waals surface area contributed by atoms with E-state index in [2.05, 4.69) is 4.90 Å². The number of carbonyl (C=O) groups excluding carboxylic acids is 1. The summed E-state index contributed by atoms with van der Waals surface area (Å²) in [6.45, 7) is 7.07. The van der Waals surface area contributed by atoms with Gasteiger partial charge in [-0.2, -0.15) is 0 Å². The lowest BCUT2D eigenvalue weighted by Crippen LogP contribution is -2.22. The molecule has 0 fully saturated rings. The third-order valence-corrected chi connectivity index (χ3v) is 2.51. The Hall–Kier alpha value is -1.81. The van der Waals surface area contributed by atoms with E-state index in [1.165, 1.54) is 6.08 Å². The number of rotatable bonds is 6. The molecule has 21 heavy (non-hydrogen) atoms. The Balaban J connectivity index is 2.49. The second kappa shape index (κ2) is 7.84. The van der Waals surface area contributed by atoms with Gasteiger partial charge in [0.2, 0.25) is 0 Å². The van der Waals surface area contributed by atoms with Gasteiger partial charge in [0.05, 0.1) is 0 Å². The van der Waals surface area contributed by atoms with Crippen molar-refractivity contribution >= 4 is 12.0 Å². The van der Waals surface area contributed by atoms with Gasteiger partial charge in [-0.05, 0) is 58.6 Å². The number of hydrogen-bond acceptors (Lipinski definition) is 4. The van der Waals surface area contributed by atoms with E-state index in [0.29, 0.717) is 6.61 Å². The van der Waals surface area contributed by atoms with Gasteiger partial charge in [-0.15, -0.1) is 0 Å². The molecule has 4 heteroatoms. The summed E-state index contributed by atoms with van der Waals surface area (Å²) in [5.74, 6) is 0.486. The fraction of sp³-hybridized carbons (Fsp3) is 0.471. The molecule has 0 heterocycles. The van der Waals surface area contributed by atoms with Crippen molar-refractivity contribution < 1.29 is 14.3 Å². The van der Waals surface area contributed by atoms with E-state index in [1.807, 2.05) is 59.1 Å². The average Bonchev–Trinajstić information content (AvgIpc) is 2.35. The van der Waals surface area contributed by atoms with Crippen LogP contribution in [0.2, 0.25) is 0 Å². The first-order chi connectivity index (χ1) is 9.76. The lowest BCUT2D eigenvalue weighted by atomic mass is 10.2. The largest absolute Gasteiger partial charge is 0.492 e. The number of hydrogen-bond donors (Lipinski definition) is 0. The topological polar surface area (TPSA) is 38.8 Å². The maximum Gasteiger partial charge on any atom is 0.331 e. The van der Waals surface area contributed by atoms with E-state index < -0.39 is 5.60 Å². The van der Waals surface area contributed by atoms with Crippen LogP contribution in [0.4, 0.5) is 0 Å². The molecule has 0 spiro atoms. The predicted molar refractivity (Wildman–Crippen MR) is 85.4 cm³/mol. The molecule has 1 aromatic rings. The van der Waals surface area contributed by atoms with Crippen molar-refractivity contribution in [3.8, 4) is 5.75 Å². The van der Waals surface area contributed by atoms with Gasteiger partial charge in [0, 0.05) is 12.6 Å². The highest BCUT2D eigenvalue weighted by atomic mass is 16.6. The van der Waals surface area contributed by atoms with Crippen LogP contribution in [0.5, 0.6) is 5.75 Å². The van der Waals surface area contributed by atoms with Crippen LogP contribution in [0.15, 0.2) is 30.3 Å². The predicted octanol–water partition coefficient (Wildman–Crippen LogP) is 2.98. The summed E-state index contributed by atoms with van der Waals surface area (Å²) >= 11 is 0. The maximum atomic E-state index is 11.6. The standard InChI is InChI=1S/C17H25NO3/c1-17(2,3)21-16(19)11-8-14-6-9-15(10-7-14)20-13-12-18(4)5/h6-11H,12-13H2,1-5H3. The number of likely N-dealkylation sites (N-methyl/N-ethyl adjacent to an activating group) is 1. The Morgan fingerprint density at radius 3 is 2.33 bits per heavy atom. The Morgan fingerprint density at radius 1 is 1.19 bits per heavy atom. The Kier molecular flexibility index (Phi) is 6.43. The van der Waals surface area contributed by atoms with Crippen LogP contribution in [0.3, 0.4) is 0 Å². The third kappa shape index (κ3) is 8.15. The van der Waals surface area contributed by atoms with E-state index in [-0.39, 0.29) is 5.97 Å². The van der Waals surface area contributed by atoms with E-state index in [9.17, 15) is 4.79 Å². The first-order valence-electron chi connectivity index (χ1n) is 7.05. The van der Waals surface area contributed by atoms with Crippen LogP contribution in [-0.4, -0.2) is 43.7 Å². The summed E-state index contributed by atoms with van der Waals surface area (Å²) in [4.78, 5) is 13.6. The summed E-state index contributed by atoms with van der Waals surface area (Å²) in [7, 11) is 4.02. The smallest absolute Gasteiger partial charge is 0.331 e. The molecule has 0 aliphatic carbocycles. The zero-order chi connectivity index (χ0) is 15.9. The van der Waals surface area contributed by atoms with Crippen molar-refractivity contribution in [1.29, 1.82) is 0 Å². The second-order valence-electron chi connectivity index (χ2n) is 6.09. The highest BCUT2D eigenvalue weighted by molar-refractivity contribution is 5.87. The molecule has 0 saturated heterocycles. The van der Waals surface area contributed by atoms with Crippen molar-refractivity contribution in [3.05, 3.63) is 35.9 Å². The van der Waals surface area contributed by atoms with Gasteiger partial charge >= 0.3 is 5.97 Å². The number of esters is 1. The fourth-order valence-corrected chi connectivity index (χ4v) is 1.52. The van der Waals surface area contributed by atoms with Crippen LogP contribution in [0.25, 0.3) is 6.08 Å². The zero-order valence-corrected chi connectivity index (χ0v) is 13.6. The fourth-order valence-electron chi connectivity index (χ4n) is 1.52. The molecule has 4 nitrogen and oxygen atoms in total. The zero-order valence-electron chi connectivity index (χ0n) is 13.6. The Labute approximate surface area is 127 Å². The minimum Gasteiger partial charge on any atom is -0.492 e. The SMILES string of the molecule is CN(C)CCOc1ccc(C=CC(=O)OC(C)(C)C)cc1. The molecule has 0 aliphatic rings. The molecule has 0 aromatic heterocycles. The van der Waals surface area contributed by atoms with Gasteiger partial charge in [-0.25, -0.2) is 4.79 Å². The summed E-state index contributed by atoms with van der Waals surface area (Å²) in [6, 6.07) is 7.60. The molecule has 1 rings (SSSR count). The summed E-state index contributed by atoms with van der Waals surface area (Å²) in [5, 5.41) is 0. The first-order valence-corrected chi connectivity index (χ1v) is 7.05. The van der Waals surface area contributed by atoms with Gasteiger partial charge in [0.1, 0.15) is 18.0 Å². The van der Waals surface area contributed by atoms with E-state index in [4.69, 9.17) is 9.47 Å². The molecule has 0 amide bonds. The molecular formula is C17H25NO3. The highest BCUT2D eigenvalue weighted by Gasteiger charge is 2.13.